The highest BCUT2D eigenvalue weighted by Gasteiger charge is 2.39. The molecule has 1 amide bonds. The van der Waals surface area contributed by atoms with Crippen LogP contribution >= 0.6 is 22.9 Å². The summed E-state index contributed by atoms with van der Waals surface area (Å²) >= 11 is 7.23. The molecule has 38 heavy (non-hydrogen) atoms. The van der Waals surface area contributed by atoms with Crippen molar-refractivity contribution in [2.45, 2.75) is 23.8 Å². The van der Waals surface area contributed by atoms with Crippen LogP contribution in [0.5, 0.6) is 0 Å². The summed E-state index contributed by atoms with van der Waals surface area (Å²) in [6, 6.07) is 16.7. The Morgan fingerprint density at radius 3 is 2.66 bits per heavy atom. The van der Waals surface area contributed by atoms with Crippen LogP contribution in [-0.2, 0) is 21.2 Å². The van der Waals surface area contributed by atoms with Gasteiger partial charge in [0, 0.05) is 37.5 Å². The summed E-state index contributed by atoms with van der Waals surface area (Å²) in [6.07, 6.45) is 2.94. The molecule has 2 aliphatic heterocycles. The molecule has 1 N–H and O–H groups in total. The van der Waals surface area contributed by atoms with E-state index < -0.39 is 15.8 Å². The average Bonchev–Trinajstić information content (AvgIpc) is 3.65. The van der Waals surface area contributed by atoms with E-state index in [1.54, 1.807) is 34.5 Å². The minimum Gasteiger partial charge on any atom is -0.359 e. The fourth-order valence-corrected chi connectivity index (χ4v) is 7.15. The third-order valence-corrected chi connectivity index (χ3v) is 9.42. The highest BCUT2D eigenvalue weighted by Crippen LogP contribution is 2.40. The van der Waals surface area contributed by atoms with Crippen LogP contribution in [0.1, 0.15) is 13.4 Å². The minimum absolute atomic E-state index is 0. The van der Waals surface area contributed by atoms with E-state index in [2.05, 4.69) is 14.6 Å². The first kappa shape index (κ1) is 24.8. The number of rotatable bonds is 6. The number of amides is 1. The fourth-order valence-electron chi connectivity index (χ4n) is 5.18. The van der Waals surface area contributed by atoms with Crippen molar-refractivity contribution in [3.05, 3.63) is 88.6 Å². The fraction of sp³-hybridized carbons (Fsp3) is 0.185. The second-order valence-electron chi connectivity index (χ2n) is 9.11. The zero-order chi connectivity index (χ0) is 26.4. The van der Waals surface area contributed by atoms with Gasteiger partial charge in [0.25, 0.3) is 10.0 Å². The predicted octanol–water partition coefficient (Wildman–Crippen LogP) is 5.82. The van der Waals surface area contributed by atoms with Crippen LogP contribution in [0.2, 0.25) is 5.02 Å². The SMILES string of the molecule is O=C1[C@@H](N2CCc3c(-c4ccc(F)c(Cl)c4)cccc32)CCN1c1ccc(S(=O)(=O)Nc2nccs2)cc1.[HH]. The summed E-state index contributed by atoms with van der Waals surface area (Å²) in [7, 11) is -3.77. The second-order valence-corrected chi connectivity index (χ2v) is 12.1. The van der Waals surface area contributed by atoms with Crippen molar-refractivity contribution in [3.8, 4) is 11.1 Å². The molecular weight excluding hydrogens is 547 g/mol. The molecule has 2 aliphatic rings. The highest BCUT2D eigenvalue weighted by molar-refractivity contribution is 7.93. The summed E-state index contributed by atoms with van der Waals surface area (Å²) in [6.45, 7) is 1.23. The molecule has 0 spiro atoms. The number of aromatic nitrogens is 1. The quantitative estimate of drug-likeness (QED) is 0.316. The number of hydrogen-bond acceptors (Lipinski definition) is 6. The normalized spacial score (nSPS) is 17.2. The Morgan fingerprint density at radius 1 is 1.11 bits per heavy atom. The monoisotopic (exact) mass is 570 g/mol. The smallest absolute Gasteiger partial charge is 0.263 e. The number of halogens is 2. The molecule has 1 atom stereocenters. The minimum atomic E-state index is -3.77. The Kier molecular flexibility index (Phi) is 6.33. The van der Waals surface area contributed by atoms with Crippen molar-refractivity contribution in [1.29, 1.82) is 0 Å². The Balaban J connectivity index is 0.00000308. The molecule has 0 aliphatic carbocycles. The van der Waals surface area contributed by atoms with Crippen molar-refractivity contribution >= 4 is 55.4 Å². The van der Waals surface area contributed by atoms with E-state index in [0.29, 0.717) is 30.3 Å². The number of benzene rings is 3. The highest BCUT2D eigenvalue weighted by atomic mass is 35.5. The second kappa shape index (κ2) is 9.68. The van der Waals surface area contributed by atoms with E-state index in [0.717, 1.165) is 28.8 Å². The van der Waals surface area contributed by atoms with Crippen LogP contribution in [0, 0.1) is 5.82 Å². The van der Waals surface area contributed by atoms with Gasteiger partial charge in [-0.2, -0.15) is 0 Å². The Labute approximate surface area is 230 Å². The first-order valence-corrected chi connectivity index (χ1v) is 14.7. The van der Waals surface area contributed by atoms with Crippen LogP contribution in [0.25, 0.3) is 11.1 Å². The molecule has 0 saturated carbocycles. The topological polar surface area (TPSA) is 82.6 Å². The Bertz CT molecular complexity index is 1640. The summed E-state index contributed by atoms with van der Waals surface area (Å²) in [5, 5.41) is 2.06. The zero-order valence-corrected chi connectivity index (χ0v) is 22.4. The lowest BCUT2D eigenvalue weighted by atomic mass is 9.98. The van der Waals surface area contributed by atoms with Crippen LogP contribution in [-0.4, -0.2) is 38.4 Å². The number of nitrogens with zero attached hydrogens (tertiary/aromatic N) is 3. The van der Waals surface area contributed by atoms with Crippen LogP contribution in [0.4, 0.5) is 20.9 Å². The Hall–Kier alpha value is -3.47. The maximum atomic E-state index is 13.7. The summed E-state index contributed by atoms with van der Waals surface area (Å²) in [5.41, 5.74) is 4.59. The largest absolute Gasteiger partial charge is 0.359 e. The first-order valence-electron chi connectivity index (χ1n) is 12.0. The van der Waals surface area contributed by atoms with Gasteiger partial charge in [-0.1, -0.05) is 29.8 Å². The molecule has 1 aromatic heterocycles. The number of nitrogens with one attached hydrogen (secondary N) is 1. The molecule has 6 rings (SSSR count). The van der Waals surface area contributed by atoms with Crippen molar-refractivity contribution in [1.82, 2.24) is 4.98 Å². The van der Waals surface area contributed by atoms with Gasteiger partial charge in [-0.3, -0.25) is 9.52 Å². The number of carbonyl (C=O) groups is 1. The van der Waals surface area contributed by atoms with Crippen LogP contribution in [0.3, 0.4) is 0 Å². The summed E-state index contributed by atoms with van der Waals surface area (Å²) < 4.78 is 41.5. The van der Waals surface area contributed by atoms with Crippen molar-refractivity contribution in [2.24, 2.45) is 0 Å². The van der Waals surface area contributed by atoms with Gasteiger partial charge in [0.1, 0.15) is 11.9 Å². The molecule has 3 heterocycles. The molecule has 0 radical (unpaired) electrons. The van der Waals surface area contributed by atoms with E-state index in [-0.39, 0.29) is 23.3 Å². The maximum absolute atomic E-state index is 13.7. The molecule has 0 bridgehead atoms. The third kappa shape index (κ3) is 4.42. The van der Waals surface area contributed by atoms with Crippen LogP contribution in [0.15, 0.2) is 77.1 Å². The number of fused-ring (bicyclic) bond motifs is 1. The molecule has 7 nitrogen and oxygen atoms in total. The molecular formula is C27H24ClFN4O3S2. The van der Waals surface area contributed by atoms with E-state index >= 15 is 0 Å². The standard InChI is InChI=1S/C27H22ClFN4O3S2.H2/c28-22-16-17(4-9-23(22)29)20-2-1-3-24-21(20)10-13-33(24)25-11-14-32(26(25)34)18-5-7-19(8-6-18)38(35,36)31-27-30-12-15-37-27;/h1-9,12,15-16,25H,10-11,13-14H2,(H,30,31);1H/t25-;/m0./s1. The van der Waals surface area contributed by atoms with Crippen molar-refractivity contribution < 1.29 is 19.0 Å². The van der Waals surface area contributed by atoms with Crippen LogP contribution < -0.4 is 14.5 Å². The summed E-state index contributed by atoms with van der Waals surface area (Å²) in [5.74, 6) is -0.479. The molecule has 4 aromatic rings. The van der Waals surface area contributed by atoms with E-state index in [1.165, 1.54) is 35.7 Å². The molecule has 1 saturated heterocycles. The zero-order valence-electron chi connectivity index (χ0n) is 20.0. The molecule has 196 valence electrons. The first-order chi connectivity index (χ1) is 18.3. The van der Waals surface area contributed by atoms with Crippen molar-refractivity contribution in [2.75, 3.05) is 27.6 Å². The van der Waals surface area contributed by atoms with Crippen molar-refractivity contribution in [3.63, 3.8) is 0 Å². The maximum Gasteiger partial charge on any atom is 0.263 e. The predicted molar refractivity (Wildman–Crippen MR) is 150 cm³/mol. The van der Waals surface area contributed by atoms with Gasteiger partial charge in [-0.25, -0.2) is 17.8 Å². The number of thiazole rings is 1. The Morgan fingerprint density at radius 2 is 1.92 bits per heavy atom. The number of anilines is 3. The molecule has 11 heteroatoms. The molecule has 3 aromatic carbocycles. The van der Waals surface area contributed by atoms with Gasteiger partial charge in [0.15, 0.2) is 5.13 Å². The van der Waals surface area contributed by atoms with Gasteiger partial charge in [-0.15, -0.1) is 11.3 Å². The summed E-state index contributed by atoms with van der Waals surface area (Å²) in [4.78, 5) is 21.4. The number of hydrogen-bond donors (Lipinski definition) is 1. The van der Waals surface area contributed by atoms with Gasteiger partial charge in [-0.05, 0) is 72.0 Å². The lowest BCUT2D eigenvalue weighted by Gasteiger charge is -2.26. The van der Waals surface area contributed by atoms with E-state index in [1.807, 2.05) is 18.2 Å². The van der Waals surface area contributed by atoms with E-state index in [4.69, 9.17) is 11.6 Å². The third-order valence-electron chi connectivity index (χ3n) is 6.96. The van der Waals surface area contributed by atoms with Gasteiger partial charge >= 0.3 is 0 Å². The lowest BCUT2D eigenvalue weighted by molar-refractivity contribution is -0.118. The average molecular weight is 571 g/mol. The molecule has 1 fully saturated rings. The number of sulfonamides is 1. The van der Waals surface area contributed by atoms with Gasteiger partial charge in [0.05, 0.1) is 9.92 Å². The van der Waals surface area contributed by atoms with Gasteiger partial charge in [0.2, 0.25) is 5.91 Å². The molecule has 0 unspecified atom stereocenters. The van der Waals surface area contributed by atoms with Gasteiger partial charge < -0.3 is 9.80 Å². The number of carbonyl (C=O) groups excluding carboxylic acids is 1. The lowest BCUT2D eigenvalue weighted by Crippen LogP contribution is -2.41. The van der Waals surface area contributed by atoms with E-state index in [9.17, 15) is 17.6 Å².